The molecule has 2 aliphatic heterocycles. The molecule has 0 saturated carbocycles. The van der Waals surface area contributed by atoms with Crippen molar-refractivity contribution >= 4 is 6.09 Å². The topological polar surface area (TPSA) is 32.8 Å². The SMILES string of the molecule is CC(C)(C)OC(=O)N1CCC(CN2CCCC2c2ccc(F)cc2)CC1. The molecule has 0 bridgehead atoms. The number of rotatable bonds is 3. The average Bonchev–Trinajstić information content (AvgIpc) is 3.03. The maximum atomic E-state index is 13.2. The van der Waals surface area contributed by atoms with Crippen LogP contribution in [-0.4, -0.2) is 47.7 Å². The molecule has 2 saturated heterocycles. The van der Waals surface area contributed by atoms with Gasteiger partial charge in [-0.2, -0.15) is 0 Å². The van der Waals surface area contributed by atoms with Gasteiger partial charge >= 0.3 is 6.09 Å². The van der Waals surface area contributed by atoms with E-state index in [1.165, 1.54) is 12.0 Å². The largest absolute Gasteiger partial charge is 0.444 e. The third kappa shape index (κ3) is 4.97. The summed E-state index contributed by atoms with van der Waals surface area (Å²) in [6.45, 7) is 9.42. The van der Waals surface area contributed by atoms with Gasteiger partial charge in [-0.3, -0.25) is 4.90 Å². The van der Waals surface area contributed by atoms with Crippen molar-refractivity contribution in [1.29, 1.82) is 0 Å². The van der Waals surface area contributed by atoms with Crippen LogP contribution in [0.2, 0.25) is 0 Å². The molecular weight excluding hydrogens is 331 g/mol. The standard InChI is InChI=1S/C21H31FN2O2/c1-21(2,3)26-20(25)23-13-10-16(11-14-23)15-24-12-4-5-19(24)17-6-8-18(22)9-7-17/h6-9,16,19H,4-5,10-15H2,1-3H3. The molecule has 2 fully saturated rings. The number of likely N-dealkylation sites (tertiary alicyclic amines) is 2. The highest BCUT2D eigenvalue weighted by Gasteiger charge is 2.31. The number of carbonyl (C=O) groups excluding carboxylic acids is 1. The number of halogens is 1. The number of ether oxygens (including phenoxy) is 1. The zero-order chi connectivity index (χ0) is 18.7. The second kappa shape index (κ2) is 7.95. The number of benzene rings is 1. The first-order valence-corrected chi connectivity index (χ1v) is 9.79. The summed E-state index contributed by atoms with van der Waals surface area (Å²) in [6, 6.07) is 7.36. The van der Waals surface area contributed by atoms with Crippen LogP contribution in [0.3, 0.4) is 0 Å². The predicted octanol–water partition coefficient (Wildman–Crippen LogP) is 4.61. The van der Waals surface area contributed by atoms with Crippen LogP contribution >= 0.6 is 0 Å². The maximum absolute atomic E-state index is 13.2. The van der Waals surface area contributed by atoms with Gasteiger partial charge in [0.15, 0.2) is 0 Å². The molecule has 1 atom stereocenters. The van der Waals surface area contributed by atoms with Crippen LogP contribution in [-0.2, 0) is 4.74 Å². The lowest BCUT2D eigenvalue weighted by Crippen LogP contribution is -2.43. The third-order valence-electron chi connectivity index (χ3n) is 5.38. The molecule has 4 nitrogen and oxygen atoms in total. The molecule has 0 aliphatic carbocycles. The van der Waals surface area contributed by atoms with Crippen molar-refractivity contribution < 1.29 is 13.9 Å². The molecule has 1 amide bonds. The summed E-state index contributed by atoms with van der Waals surface area (Å²) in [5.41, 5.74) is 0.779. The lowest BCUT2D eigenvalue weighted by Gasteiger charge is -2.36. The molecular formula is C21H31FN2O2. The van der Waals surface area contributed by atoms with Gasteiger partial charge in [0, 0.05) is 25.7 Å². The van der Waals surface area contributed by atoms with Crippen molar-refractivity contribution in [2.24, 2.45) is 5.92 Å². The molecule has 26 heavy (non-hydrogen) atoms. The first-order chi connectivity index (χ1) is 12.3. The van der Waals surface area contributed by atoms with Crippen LogP contribution in [0.4, 0.5) is 9.18 Å². The molecule has 5 heteroatoms. The molecule has 0 radical (unpaired) electrons. The molecule has 144 valence electrons. The fourth-order valence-corrected chi connectivity index (χ4v) is 4.06. The van der Waals surface area contributed by atoms with Gasteiger partial charge in [0.25, 0.3) is 0 Å². The number of hydrogen-bond acceptors (Lipinski definition) is 3. The second-order valence-electron chi connectivity index (χ2n) is 8.62. The minimum absolute atomic E-state index is 0.173. The summed E-state index contributed by atoms with van der Waals surface area (Å²) >= 11 is 0. The smallest absolute Gasteiger partial charge is 0.410 e. The van der Waals surface area contributed by atoms with Crippen LogP contribution < -0.4 is 0 Å². The van der Waals surface area contributed by atoms with E-state index in [0.29, 0.717) is 12.0 Å². The van der Waals surface area contributed by atoms with Crippen molar-refractivity contribution in [1.82, 2.24) is 9.80 Å². The quantitative estimate of drug-likeness (QED) is 0.787. The molecule has 2 heterocycles. The number of piperidine rings is 1. The number of carbonyl (C=O) groups is 1. The molecule has 1 aromatic carbocycles. The monoisotopic (exact) mass is 362 g/mol. The number of amides is 1. The Bertz CT molecular complexity index is 603. The normalized spacial score (nSPS) is 22.6. The van der Waals surface area contributed by atoms with Gasteiger partial charge in [0.05, 0.1) is 0 Å². The van der Waals surface area contributed by atoms with E-state index < -0.39 is 5.60 Å². The first-order valence-electron chi connectivity index (χ1n) is 9.79. The number of hydrogen-bond donors (Lipinski definition) is 0. The van der Waals surface area contributed by atoms with Crippen LogP contribution in [0.5, 0.6) is 0 Å². The van der Waals surface area contributed by atoms with Gasteiger partial charge in [-0.25, -0.2) is 9.18 Å². The fraction of sp³-hybridized carbons (Fsp3) is 0.667. The number of nitrogens with zero attached hydrogens (tertiary/aromatic N) is 2. The van der Waals surface area contributed by atoms with E-state index in [4.69, 9.17) is 4.74 Å². The van der Waals surface area contributed by atoms with Crippen molar-refractivity contribution in [2.45, 2.75) is 58.1 Å². The van der Waals surface area contributed by atoms with E-state index in [-0.39, 0.29) is 11.9 Å². The molecule has 0 N–H and O–H groups in total. The minimum atomic E-state index is -0.439. The average molecular weight is 362 g/mol. The molecule has 3 rings (SSSR count). The van der Waals surface area contributed by atoms with Gasteiger partial charge in [0.1, 0.15) is 11.4 Å². The Hall–Kier alpha value is -1.62. The van der Waals surface area contributed by atoms with E-state index in [2.05, 4.69) is 4.90 Å². The van der Waals surface area contributed by atoms with E-state index in [1.807, 2.05) is 37.8 Å². The van der Waals surface area contributed by atoms with Crippen LogP contribution in [0.15, 0.2) is 24.3 Å². The Morgan fingerprint density at radius 1 is 1.12 bits per heavy atom. The fourth-order valence-electron chi connectivity index (χ4n) is 4.06. The van der Waals surface area contributed by atoms with Crippen molar-refractivity contribution in [3.8, 4) is 0 Å². The van der Waals surface area contributed by atoms with Gasteiger partial charge in [-0.15, -0.1) is 0 Å². The molecule has 1 unspecified atom stereocenters. The van der Waals surface area contributed by atoms with Crippen molar-refractivity contribution in [3.63, 3.8) is 0 Å². The van der Waals surface area contributed by atoms with Gasteiger partial charge in [0.2, 0.25) is 0 Å². The Kier molecular flexibility index (Phi) is 5.86. The highest BCUT2D eigenvalue weighted by Crippen LogP contribution is 2.34. The van der Waals surface area contributed by atoms with Crippen LogP contribution in [0.25, 0.3) is 0 Å². The lowest BCUT2D eigenvalue weighted by molar-refractivity contribution is 0.0167. The Balaban J connectivity index is 1.51. The van der Waals surface area contributed by atoms with E-state index in [9.17, 15) is 9.18 Å². The highest BCUT2D eigenvalue weighted by molar-refractivity contribution is 5.68. The summed E-state index contributed by atoms with van der Waals surface area (Å²) in [7, 11) is 0. The first kappa shape index (κ1) is 19.2. The Morgan fingerprint density at radius 3 is 2.38 bits per heavy atom. The van der Waals surface area contributed by atoms with Gasteiger partial charge < -0.3 is 9.64 Å². The summed E-state index contributed by atoms with van der Waals surface area (Å²) in [5.74, 6) is 0.433. The minimum Gasteiger partial charge on any atom is -0.444 e. The summed E-state index contributed by atoms with van der Waals surface area (Å²) in [4.78, 5) is 16.6. The molecule has 0 aromatic heterocycles. The van der Waals surface area contributed by atoms with Crippen molar-refractivity contribution in [2.75, 3.05) is 26.2 Å². The summed E-state index contributed by atoms with van der Waals surface area (Å²) in [5, 5.41) is 0. The maximum Gasteiger partial charge on any atom is 0.410 e. The molecule has 1 aromatic rings. The van der Waals surface area contributed by atoms with E-state index in [0.717, 1.165) is 45.4 Å². The van der Waals surface area contributed by atoms with E-state index in [1.54, 1.807) is 12.1 Å². The lowest BCUT2D eigenvalue weighted by atomic mass is 9.95. The zero-order valence-electron chi connectivity index (χ0n) is 16.2. The predicted molar refractivity (Wildman–Crippen MR) is 100 cm³/mol. The van der Waals surface area contributed by atoms with Crippen molar-refractivity contribution in [3.05, 3.63) is 35.6 Å². The van der Waals surface area contributed by atoms with Gasteiger partial charge in [-0.1, -0.05) is 12.1 Å². The third-order valence-corrected chi connectivity index (χ3v) is 5.38. The summed E-state index contributed by atoms with van der Waals surface area (Å²) in [6.07, 6.45) is 4.18. The van der Waals surface area contributed by atoms with Crippen LogP contribution in [0, 0.1) is 11.7 Å². The second-order valence-corrected chi connectivity index (χ2v) is 8.62. The Morgan fingerprint density at radius 2 is 1.77 bits per heavy atom. The molecule has 0 spiro atoms. The van der Waals surface area contributed by atoms with E-state index >= 15 is 0 Å². The van der Waals surface area contributed by atoms with Gasteiger partial charge in [-0.05, 0) is 76.6 Å². The zero-order valence-corrected chi connectivity index (χ0v) is 16.2. The summed E-state index contributed by atoms with van der Waals surface area (Å²) < 4.78 is 18.7. The molecule has 2 aliphatic rings. The van der Waals surface area contributed by atoms with Crippen LogP contribution in [0.1, 0.15) is 58.1 Å². The highest BCUT2D eigenvalue weighted by atomic mass is 19.1. The Labute approximate surface area is 156 Å².